The standard InChI is InChI=1S/C22H21ClFN3/c1-13-5-4-6-17(9-13)27-12-18(16-7-8-19(24)14(2)10-16)20-21(23)25-11-15(3)26-22(20)27/h4-10,12,15,26H,11H2,1-3H3. The number of hydrogen-bond donors (Lipinski definition) is 1. The Bertz CT molecular complexity index is 1050. The van der Waals surface area contributed by atoms with E-state index in [0.717, 1.165) is 28.2 Å². The lowest BCUT2D eigenvalue weighted by Gasteiger charge is -2.15. The summed E-state index contributed by atoms with van der Waals surface area (Å²) in [6.45, 7) is 6.52. The maximum atomic E-state index is 13.8. The molecular weight excluding hydrogens is 361 g/mol. The van der Waals surface area contributed by atoms with E-state index in [1.165, 1.54) is 11.6 Å². The van der Waals surface area contributed by atoms with Gasteiger partial charge in [-0.05, 0) is 61.7 Å². The molecule has 138 valence electrons. The quantitative estimate of drug-likeness (QED) is 0.606. The van der Waals surface area contributed by atoms with Crippen LogP contribution in [-0.2, 0) is 0 Å². The second kappa shape index (κ2) is 6.86. The molecule has 0 bridgehead atoms. The van der Waals surface area contributed by atoms with E-state index in [-0.39, 0.29) is 11.9 Å². The fourth-order valence-corrected chi connectivity index (χ4v) is 3.70. The number of aromatic nitrogens is 1. The smallest absolute Gasteiger partial charge is 0.135 e. The fourth-order valence-electron chi connectivity index (χ4n) is 3.44. The second-order valence-corrected chi connectivity index (χ2v) is 7.47. The van der Waals surface area contributed by atoms with Crippen molar-refractivity contribution in [2.75, 3.05) is 11.9 Å². The largest absolute Gasteiger partial charge is 0.366 e. The second-order valence-electron chi connectivity index (χ2n) is 7.12. The van der Waals surface area contributed by atoms with Gasteiger partial charge in [-0.3, -0.25) is 4.99 Å². The number of hydrogen-bond acceptors (Lipinski definition) is 2. The molecule has 1 N–H and O–H groups in total. The zero-order valence-corrected chi connectivity index (χ0v) is 16.3. The van der Waals surface area contributed by atoms with Gasteiger partial charge in [-0.2, -0.15) is 0 Å². The van der Waals surface area contributed by atoms with Crippen LogP contribution in [0.25, 0.3) is 16.8 Å². The van der Waals surface area contributed by atoms with Crippen LogP contribution in [-0.4, -0.2) is 22.3 Å². The SMILES string of the molecule is Cc1cccc(-n2cc(-c3ccc(F)c(C)c3)c3c2NC(C)CN=C3Cl)c1. The van der Waals surface area contributed by atoms with Gasteiger partial charge in [0.05, 0.1) is 12.1 Å². The van der Waals surface area contributed by atoms with Gasteiger partial charge < -0.3 is 9.88 Å². The topological polar surface area (TPSA) is 29.3 Å². The lowest BCUT2D eigenvalue weighted by Crippen LogP contribution is -2.19. The van der Waals surface area contributed by atoms with E-state index in [9.17, 15) is 4.39 Å². The number of aliphatic imine (C=N–C) groups is 1. The average molecular weight is 382 g/mol. The van der Waals surface area contributed by atoms with Crippen molar-refractivity contribution in [3.05, 3.63) is 71.2 Å². The minimum atomic E-state index is -0.213. The maximum Gasteiger partial charge on any atom is 0.135 e. The van der Waals surface area contributed by atoms with Crippen molar-refractivity contribution in [1.82, 2.24) is 4.57 Å². The Hall–Kier alpha value is -2.59. The number of nitrogens with one attached hydrogen (secondary N) is 1. The molecule has 0 aliphatic carbocycles. The van der Waals surface area contributed by atoms with Gasteiger partial charge in [-0.25, -0.2) is 4.39 Å². The van der Waals surface area contributed by atoms with Crippen LogP contribution >= 0.6 is 11.6 Å². The Morgan fingerprint density at radius 2 is 2.00 bits per heavy atom. The molecule has 1 atom stereocenters. The highest BCUT2D eigenvalue weighted by Crippen LogP contribution is 2.37. The molecule has 3 nitrogen and oxygen atoms in total. The highest BCUT2D eigenvalue weighted by molar-refractivity contribution is 6.70. The Kier molecular flexibility index (Phi) is 4.52. The molecule has 0 spiro atoms. The molecule has 0 saturated heterocycles. The molecule has 0 radical (unpaired) electrons. The lowest BCUT2D eigenvalue weighted by atomic mass is 10.0. The van der Waals surface area contributed by atoms with Gasteiger partial charge in [0.1, 0.15) is 16.8 Å². The molecule has 1 aliphatic heterocycles. The van der Waals surface area contributed by atoms with Crippen LogP contribution in [0.2, 0.25) is 0 Å². The number of benzene rings is 2. The van der Waals surface area contributed by atoms with Crippen LogP contribution in [0.4, 0.5) is 10.2 Å². The molecule has 0 amide bonds. The summed E-state index contributed by atoms with van der Waals surface area (Å²) in [6.07, 6.45) is 2.05. The van der Waals surface area contributed by atoms with E-state index in [1.54, 1.807) is 13.0 Å². The minimum absolute atomic E-state index is 0.154. The van der Waals surface area contributed by atoms with Crippen molar-refractivity contribution in [3.63, 3.8) is 0 Å². The van der Waals surface area contributed by atoms with Crippen molar-refractivity contribution in [2.45, 2.75) is 26.8 Å². The normalized spacial score (nSPS) is 16.3. The molecule has 2 aromatic carbocycles. The minimum Gasteiger partial charge on any atom is -0.366 e. The molecule has 1 aromatic heterocycles. The Morgan fingerprint density at radius 3 is 2.74 bits per heavy atom. The van der Waals surface area contributed by atoms with E-state index in [1.807, 2.05) is 12.1 Å². The van der Waals surface area contributed by atoms with Gasteiger partial charge in [0.25, 0.3) is 0 Å². The molecule has 5 heteroatoms. The first-order chi connectivity index (χ1) is 12.9. The first-order valence-electron chi connectivity index (χ1n) is 9.00. The van der Waals surface area contributed by atoms with E-state index in [4.69, 9.17) is 11.6 Å². The summed E-state index contributed by atoms with van der Waals surface area (Å²) in [7, 11) is 0. The summed E-state index contributed by atoms with van der Waals surface area (Å²) in [6, 6.07) is 13.6. The first kappa shape index (κ1) is 17.8. The van der Waals surface area contributed by atoms with Crippen LogP contribution in [0.3, 0.4) is 0 Å². The van der Waals surface area contributed by atoms with Crippen LogP contribution in [0.5, 0.6) is 0 Å². The molecule has 0 saturated carbocycles. The van der Waals surface area contributed by atoms with Crippen LogP contribution in [0, 0.1) is 19.7 Å². The molecule has 0 fully saturated rings. The molecular formula is C22H21ClFN3. The summed E-state index contributed by atoms with van der Waals surface area (Å²) < 4.78 is 15.9. The van der Waals surface area contributed by atoms with E-state index in [0.29, 0.717) is 17.3 Å². The van der Waals surface area contributed by atoms with Crippen molar-refractivity contribution in [3.8, 4) is 16.8 Å². The zero-order valence-electron chi connectivity index (χ0n) is 15.6. The van der Waals surface area contributed by atoms with Gasteiger partial charge in [-0.15, -0.1) is 0 Å². The molecule has 1 unspecified atom stereocenters. The molecule has 1 aliphatic rings. The number of rotatable bonds is 2. The van der Waals surface area contributed by atoms with Gasteiger partial charge in [-0.1, -0.05) is 29.8 Å². The Morgan fingerprint density at radius 1 is 1.19 bits per heavy atom. The van der Waals surface area contributed by atoms with E-state index >= 15 is 0 Å². The van der Waals surface area contributed by atoms with E-state index < -0.39 is 0 Å². The van der Waals surface area contributed by atoms with Crippen LogP contribution < -0.4 is 5.32 Å². The Labute approximate surface area is 163 Å². The van der Waals surface area contributed by atoms with Crippen molar-refractivity contribution >= 4 is 22.6 Å². The van der Waals surface area contributed by atoms with Gasteiger partial charge in [0.2, 0.25) is 0 Å². The fraction of sp³-hybridized carbons (Fsp3) is 0.227. The summed E-state index contributed by atoms with van der Waals surface area (Å²) in [5.41, 5.74) is 5.53. The summed E-state index contributed by atoms with van der Waals surface area (Å²) in [4.78, 5) is 4.53. The number of aryl methyl sites for hydroxylation is 2. The predicted octanol–water partition coefficient (Wildman–Crippen LogP) is 5.70. The van der Waals surface area contributed by atoms with E-state index in [2.05, 4.69) is 53.1 Å². The van der Waals surface area contributed by atoms with Crippen molar-refractivity contribution in [1.29, 1.82) is 0 Å². The molecule has 2 heterocycles. The van der Waals surface area contributed by atoms with Crippen molar-refractivity contribution in [2.24, 2.45) is 4.99 Å². The maximum absolute atomic E-state index is 13.8. The Balaban J connectivity index is 1.99. The van der Waals surface area contributed by atoms with Crippen LogP contribution in [0.1, 0.15) is 23.6 Å². The summed E-state index contributed by atoms with van der Waals surface area (Å²) >= 11 is 6.60. The first-order valence-corrected chi connectivity index (χ1v) is 9.37. The zero-order chi connectivity index (χ0) is 19.1. The lowest BCUT2D eigenvalue weighted by molar-refractivity contribution is 0.619. The number of anilines is 1. The highest BCUT2D eigenvalue weighted by Gasteiger charge is 2.25. The van der Waals surface area contributed by atoms with Crippen molar-refractivity contribution < 1.29 is 4.39 Å². The molecule has 4 rings (SSSR count). The molecule has 3 aromatic rings. The number of halogens is 2. The van der Waals surface area contributed by atoms with Crippen LogP contribution in [0.15, 0.2) is 53.7 Å². The third kappa shape index (κ3) is 3.26. The van der Waals surface area contributed by atoms with Gasteiger partial charge >= 0.3 is 0 Å². The summed E-state index contributed by atoms with van der Waals surface area (Å²) in [5.74, 6) is 0.700. The third-order valence-corrected chi connectivity index (χ3v) is 5.16. The predicted molar refractivity (Wildman–Crippen MR) is 111 cm³/mol. The van der Waals surface area contributed by atoms with Gasteiger partial charge in [0, 0.05) is 23.5 Å². The highest BCUT2D eigenvalue weighted by atomic mass is 35.5. The van der Waals surface area contributed by atoms with Gasteiger partial charge in [0.15, 0.2) is 0 Å². The third-order valence-electron chi connectivity index (χ3n) is 4.85. The monoisotopic (exact) mass is 381 g/mol. The summed E-state index contributed by atoms with van der Waals surface area (Å²) in [5, 5.41) is 4.02. The number of fused-ring (bicyclic) bond motifs is 1. The average Bonchev–Trinajstić information content (AvgIpc) is 2.94. The molecule has 27 heavy (non-hydrogen) atoms. The number of nitrogens with zero attached hydrogens (tertiary/aromatic N) is 2.